The molecular formula is C6H15NO21S5. The van der Waals surface area contributed by atoms with Gasteiger partial charge in [0.1, 0.15) is 30.6 Å². The molecule has 0 aromatic heterocycles. The van der Waals surface area contributed by atoms with Gasteiger partial charge in [-0.15, -0.1) is 0 Å². The van der Waals surface area contributed by atoms with Crippen molar-refractivity contribution in [1.82, 2.24) is 0 Å². The van der Waals surface area contributed by atoms with Crippen LogP contribution in [-0.2, 0) is 72.9 Å². The van der Waals surface area contributed by atoms with Gasteiger partial charge >= 0.3 is 52.0 Å². The van der Waals surface area contributed by atoms with Crippen LogP contribution >= 0.6 is 0 Å². The first-order valence-electron chi connectivity index (χ1n) is 6.98. The normalized spacial score (nSPS) is 18.9. The third-order valence-corrected chi connectivity index (χ3v) is 5.00. The molecule has 0 bridgehead atoms. The molecule has 27 heteroatoms. The maximum atomic E-state index is 11.1. The molecule has 22 nitrogen and oxygen atoms in total. The van der Waals surface area contributed by atoms with Gasteiger partial charge in [-0.05, 0) is 0 Å². The van der Waals surface area contributed by atoms with Crippen molar-refractivity contribution in [2.75, 3.05) is 6.61 Å². The Hall–Kier alpha value is -0.730. The minimum atomic E-state index is -5.95. The van der Waals surface area contributed by atoms with Crippen LogP contribution in [-0.4, -0.2) is 107 Å². The van der Waals surface area contributed by atoms with Crippen molar-refractivity contribution < 1.29 is 90.9 Å². The number of hydrogen-bond acceptors (Lipinski definition) is 17. The van der Waals surface area contributed by atoms with Crippen molar-refractivity contribution in [1.29, 1.82) is 0 Å². The van der Waals surface area contributed by atoms with E-state index in [4.69, 9.17) is 28.5 Å². The highest BCUT2D eigenvalue weighted by atomic mass is 32.3. The third kappa shape index (κ3) is 15.7. The van der Waals surface area contributed by atoms with E-state index < -0.39 is 89.2 Å². The van der Waals surface area contributed by atoms with Crippen molar-refractivity contribution in [2.24, 2.45) is 5.73 Å². The van der Waals surface area contributed by atoms with Crippen LogP contribution < -0.4 is 5.73 Å². The highest BCUT2D eigenvalue weighted by molar-refractivity contribution is 7.82. The minimum Gasteiger partial charge on any atom is -0.376 e. The van der Waals surface area contributed by atoms with E-state index in [1.165, 1.54) is 0 Å². The molecule has 0 rings (SSSR count). The van der Waals surface area contributed by atoms with Crippen LogP contribution in [0.25, 0.3) is 0 Å². The van der Waals surface area contributed by atoms with E-state index in [2.05, 4.69) is 20.9 Å². The first-order chi connectivity index (χ1) is 14.3. The van der Waals surface area contributed by atoms with Crippen molar-refractivity contribution >= 4 is 52.0 Å². The fourth-order valence-electron chi connectivity index (χ4n) is 1.84. The van der Waals surface area contributed by atoms with Gasteiger partial charge in [0, 0.05) is 0 Å². The van der Waals surface area contributed by atoms with Crippen LogP contribution in [0.5, 0.6) is 0 Å². The van der Waals surface area contributed by atoms with E-state index in [9.17, 15) is 47.2 Å². The number of aliphatic hydroxyl groups excluding tert-OH is 1. The van der Waals surface area contributed by atoms with E-state index in [-0.39, 0.29) is 0 Å². The fraction of sp³-hybridized carbons (Fsp3) is 1.00. The van der Waals surface area contributed by atoms with E-state index in [1.54, 1.807) is 0 Å². The molecule has 0 aliphatic rings. The van der Waals surface area contributed by atoms with Gasteiger partial charge < -0.3 is 10.8 Å². The van der Waals surface area contributed by atoms with Crippen LogP contribution in [0.3, 0.4) is 0 Å². The third-order valence-electron chi connectivity index (χ3n) is 2.68. The summed E-state index contributed by atoms with van der Waals surface area (Å²) >= 11 is 0. The lowest BCUT2D eigenvalue weighted by Crippen LogP contribution is -2.58. The zero-order valence-corrected chi connectivity index (χ0v) is 19.1. The lowest BCUT2D eigenvalue weighted by molar-refractivity contribution is -0.107. The molecule has 0 amide bonds. The second kappa shape index (κ2) is 11.3. The standard InChI is InChI=1S/C6H15NO21S5/c7-6(8)5(28-33(21,22)23)4(27-32(18,19)20)3(26-31(15,16)17)2(25-30(12,13)14)1-24-29(9,10)11/h2-6,8H,1,7H2,(H,9,10,11)(H,12,13,14)(H,15,16,17)(H,18,19,20)(H,21,22,23)/t2-,3-,4+,5-,6?/m1/s1. The average Bonchev–Trinajstić information content (AvgIpc) is 2.48. The van der Waals surface area contributed by atoms with Gasteiger partial charge in [-0.25, -0.2) is 20.9 Å². The van der Waals surface area contributed by atoms with Crippen LogP contribution in [0.15, 0.2) is 0 Å². The molecule has 0 spiro atoms. The minimum absolute atomic E-state index is 1.97. The molecule has 0 fully saturated rings. The second-order valence-corrected chi connectivity index (χ2v) is 10.5. The molecule has 33 heavy (non-hydrogen) atoms. The average molecular weight is 598 g/mol. The molecule has 200 valence electrons. The van der Waals surface area contributed by atoms with Gasteiger partial charge in [-0.3, -0.25) is 22.8 Å². The van der Waals surface area contributed by atoms with E-state index >= 15 is 0 Å². The molecule has 1 unspecified atom stereocenters. The van der Waals surface area contributed by atoms with Crippen LogP contribution in [0.2, 0.25) is 0 Å². The zero-order chi connectivity index (χ0) is 26.6. The predicted octanol–water partition coefficient (Wildman–Crippen LogP) is -5.17. The van der Waals surface area contributed by atoms with Crippen LogP contribution in [0.1, 0.15) is 0 Å². The topological polar surface area (TPSA) is 364 Å². The number of hydrogen-bond donors (Lipinski definition) is 7. The van der Waals surface area contributed by atoms with Crippen molar-refractivity contribution in [3.8, 4) is 0 Å². The summed E-state index contributed by atoms with van der Waals surface area (Å²) in [7, 11) is -29.1. The van der Waals surface area contributed by atoms with Crippen molar-refractivity contribution in [3.63, 3.8) is 0 Å². The number of nitrogens with two attached hydrogens (primary N) is 1. The Balaban J connectivity index is 6.97. The van der Waals surface area contributed by atoms with Gasteiger partial charge in [0.25, 0.3) is 0 Å². The number of aliphatic hydroxyl groups is 1. The summed E-state index contributed by atoms with van der Waals surface area (Å²) in [6.07, 6.45) is -15.7. The summed E-state index contributed by atoms with van der Waals surface area (Å²) in [5, 5.41) is 9.44. The number of rotatable bonds is 15. The molecule has 0 aromatic rings. The monoisotopic (exact) mass is 597 g/mol. The molecule has 0 heterocycles. The highest BCUT2D eigenvalue weighted by Gasteiger charge is 2.48. The summed E-state index contributed by atoms with van der Waals surface area (Å²) in [5.74, 6) is 0. The van der Waals surface area contributed by atoms with Crippen LogP contribution in [0, 0.1) is 0 Å². The van der Waals surface area contributed by atoms with E-state index in [0.29, 0.717) is 0 Å². The van der Waals surface area contributed by atoms with Gasteiger partial charge in [-0.2, -0.15) is 42.1 Å². The largest absolute Gasteiger partial charge is 0.397 e. The molecular weight excluding hydrogens is 582 g/mol. The molecule has 8 N–H and O–H groups in total. The Labute approximate surface area is 185 Å². The zero-order valence-electron chi connectivity index (χ0n) is 15.0. The molecule has 0 radical (unpaired) electrons. The highest BCUT2D eigenvalue weighted by Crippen LogP contribution is 2.24. The van der Waals surface area contributed by atoms with Crippen molar-refractivity contribution in [2.45, 2.75) is 30.6 Å². The molecule has 0 saturated carbocycles. The first kappa shape index (κ1) is 32.3. The lowest BCUT2D eigenvalue weighted by atomic mass is 10.0. The Morgan fingerprint density at radius 1 is 0.545 bits per heavy atom. The summed E-state index contributed by atoms with van der Waals surface area (Å²) in [6.45, 7) is -1.97. The summed E-state index contributed by atoms with van der Waals surface area (Å²) in [4.78, 5) is 0. The van der Waals surface area contributed by atoms with Gasteiger partial charge in [0.15, 0.2) is 0 Å². The summed E-state index contributed by atoms with van der Waals surface area (Å²) in [6, 6.07) is 0. The van der Waals surface area contributed by atoms with Gasteiger partial charge in [-0.1, -0.05) is 0 Å². The lowest BCUT2D eigenvalue weighted by Gasteiger charge is -2.34. The quantitative estimate of drug-likeness (QED) is 0.0684. The van der Waals surface area contributed by atoms with Gasteiger partial charge in [0.2, 0.25) is 0 Å². The Kier molecular flexibility index (Phi) is 11.1. The first-order valence-corrected chi connectivity index (χ1v) is 13.8. The SMILES string of the molecule is NC(O)[C@H](OS(=O)(=O)O)[C@@H](OS(=O)(=O)O)[C@H](OS(=O)(=O)O)[C@@H](COS(=O)(=O)O)OS(=O)(=O)O. The molecule has 0 saturated heterocycles. The Morgan fingerprint density at radius 2 is 0.879 bits per heavy atom. The molecule has 0 aromatic carbocycles. The summed E-state index contributed by atoms with van der Waals surface area (Å²) in [5.41, 5.74) is 4.89. The van der Waals surface area contributed by atoms with Crippen LogP contribution in [0.4, 0.5) is 0 Å². The molecule has 5 atom stereocenters. The smallest absolute Gasteiger partial charge is 0.376 e. The fourth-order valence-corrected chi connectivity index (χ4v) is 4.14. The van der Waals surface area contributed by atoms with E-state index in [0.717, 1.165) is 0 Å². The maximum Gasteiger partial charge on any atom is 0.397 e. The maximum absolute atomic E-state index is 11.1. The Morgan fingerprint density at radius 3 is 1.18 bits per heavy atom. The summed E-state index contributed by atoms with van der Waals surface area (Å²) < 4.78 is 173. The molecule has 0 aliphatic heterocycles. The predicted molar refractivity (Wildman–Crippen MR) is 93.4 cm³/mol. The second-order valence-electron chi connectivity index (χ2n) is 5.23. The van der Waals surface area contributed by atoms with E-state index in [1.807, 2.05) is 0 Å². The molecule has 0 aliphatic carbocycles. The van der Waals surface area contributed by atoms with Gasteiger partial charge in [0.05, 0.1) is 6.61 Å². The Bertz CT molecular complexity index is 1180. The van der Waals surface area contributed by atoms with Crippen molar-refractivity contribution in [3.05, 3.63) is 0 Å².